The third-order valence-corrected chi connectivity index (χ3v) is 27.5. The third-order valence-electron chi connectivity index (χ3n) is 20.1. The number of hydrogen-bond acceptors (Lipinski definition) is 37. The molecule has 1 unspecified atom stereocenters. The lowest BCUT2D eigenvalue weighted by molar-refractivity contribution is -0.231. The van der Waals surface area contributed by atoms with Crippen molar-refractivity contribution in [2.45, 2.75) is 82.9 Å². The summed E-state index contributed by atoms with van der Waals surface area (Å²) in [5.41, 5.74) is 16.4. The van der Waals surface area contributed by atoms with E-state index in [2.05, 4.69) is 76.0 Å². The first kappa shape index (κ1) is 122. The van der Waals surface area contributed by atoms with Gasteiger partial charge in [0, 0.05) is 63.0 Å². The molecule has 0 radical (unpaired) electrons. The molecule has 782 valence electrons. The number of nitrogens with one attached hydrogen (secondary N) is 1. The lowest BCUT2D eigenvalue weighted by Gasteiger charge is -2.31. The Hall–Kier alpha value is -5.19. The molecule has 1 aliphatic rings. The second kappa shape index (κ2) is 92.0. The fraction of sp³-hybridized carbons (Fsp3) is 0.729. The van der Waals surface area contributed by atoms with E-state index in [-0.39, 0.29) is 99.3 Å². The van der Waals surface area contributed by atoms with Crippen LogP contribution in [0.1, 0.15) is 69.8 Å². The average Bonchev–Trinajstić information content (AvgIpc) is 1.56. The standard InChI is InChI=1S/C96H158N4O34S2Si/c1-104-30-31-109-38-39-113-44-45-114-46-47-115-48-49-116-50-51-117-52-53-118-54-55-119-56-57-121-60-61-123-64-68-135-66-8-70-137(71-9-67-136-69-65-124-76-126-78-128-80-130-82-132-84-133-83-131-81-129-79-127-77-125-75-105-2)94-72-88(86-13-11-85(74-101)12-14-86)17-21-92(94)93-22-18-89(73-95(93)137)87-15-19-91(20-16-87)134-63-62-122-59-58-120-43-41-111-36-33-107-28-24-96(103)98-26-29-108-34-37-112-42-40-110-35-32-106-27-23-90(102)10-6-4-3-5-7-25-99-100-97/h11-22,72-73,101H,3-10,23-71,74-84H2,1-2H3,(H,98,103). The van der Waals surface area contributed by atoms with E-state index in [0.717, 1.165) is 108 Å². The van der Waals surface area contributed by atoms with Gasteiger partial charge in [0.25, 0.3) is 0 Å². The van der Waals surface area contributed by atoms with Gasteiger partial charge < -0.3 is 157 Å². The van der Waals surface area contributed by atoms with Crippen LogP contribution in [0.25, 0.3) is 43.8 Å². The van der Waals surface area contributed by atoms with Crippen molar-refractivity contribution in [1.29, 1.82) is 0 Å². The van der Waals surface area contributed by atoms with E-state index in [9.17, 15) is 14.7 Å². The fourth-order valence-corrected chi connectivity index (χ4v) is 20.9. The Balaban J connectivity index is 0.957. The minimum Gasteiger partial charge on any atom is -0.491 e. The molecule has 137 heavy (non-hydrogen) atoms. The molecule has 0 spiro atoms. The van der Waals surface area contributed by atoms with E-state index in [1.807, 2.05) is 47.8 Å². The second-order valence-corrected chi connectivity index (χ2v) is 37.0. The lowest BCUT2D eigenvalue weighted by Crippen LogP contribution is -2.55. The van der Waals surface area contributed by atoms with Crippen LogP contribution in [0.2, 0.25) is 12.1 Å². The maximum absolute atomic E-state index is 12.2. The van der Waals surface area contributed by atoms with Crippen molar-refractivity contribution in [3.05, 3.63) is 101 Å². The first-order chi connectivity index (χ1) is 67.9. The molecule has 2 N–H and O–H groups in total. The molecule has 41 heteroatoms. The van der Waals surface area contributed by atoms with Crippen molar-refractivity contribution in [3.63, 3.8) is 0 Å². The van der Waals surface area contributed by atoms with Gasteiger partial charge in [-0.2, -0.15) is 23.5 Å². The number of nitrogens with zero attached hydrogens (tertiary/aromatic N) is 3. The highest BCUT2D eigenvalue weighted by molar-refractivity contribution is 7.99. The van der Waals surface area contributed by atoms with Crippen molar-refractivity contribution in [2.75, 3.05) is 376 Å². The third kappa shape index (κ3) is 66.4. The molecule has 38 nitrogen and oxygen atoms in total. The van der Waals surface area contributed by atoms with Crippen LogP contribution in [-0.4, -0.2) is 401 Å². The summed E-state index contributed by atoms with van der Waals surface area (Å²) in [6.07, 6.45) is 8.10. The molecule has 0 bridgehead atoms. The normalized spacial score (nSPS) is 12.9. The van der Waals surface area contributed by atoms with Gasteiger partial charge in [-0.3, -0.25) is 9.59 Å². The summed E-state index contributed by atoms with van der Waals surface area (Å²) in [7, 11) is 0.682. The lowest BCUT2D eigenvalue weighted by atomic mass is 9.98. The number of azide groups is 1. The van der Waals surface area contributed by atoms with Gasteiger partial charge in [0.2, 0.25) is 5.91 Å². The molecule has 1 aliphatic heterocycles. The summed E-state index contributed by atoms with van der Waals surface area (Å²) in [6.45, 7) is 18.8. The maximum atomic E-state index is 12.2. The number of unbranched alkanes of at least 4 members (excludes halogenated alkanes) is 4. The van der Waals surface area contributed by atoms with E-state index >= 15 is 0 Å². The maximum Gasteiger partial charge on any atom is 0.222 e. The zero-order valence-electron chi connectivity index (χ0n) is 81.2. The number of rotatable bonds is 106. The van der Waals surface area contributed by atoms with Crippen LogP contribution in [0.4, 0.5) is 0 Å². The van der Waals surface area contributed by atoms with Crippen LogP contribution in [0, 0.1) is 0 Å². The van der Waals surface area contributed by atoms with Gasteiger partial charge in [-0.25, -0.2) is 0 Å². The molecule has 0 saturated carbocycles. The van der Waals surface area contributed by atoms with Crippen LogP contribution in [0.3, 0.4) is 0 Å². The number of aliphatic hydroxyl groups is 1. The van der Waals surface area contributed by atoms with Crippen LogP contribution < -0.4 is 20.4 Å². The first-order valence-corrected chi connectivity index (χ1v) is 52.5. The molecule has 0 fully saturated rings. The summed E-state index contributed by atoms with van der Waals surface area (Å²) in [4.78, 5) is 27.0. The molecule has 1 amide bonds. The van der Waals surface area contributed by atoms with Gasteiger partial charge in [0.15, 0.2) is 54.3 Å². The minimum atomic E-state index is -2.48. The van der Waals surface area contributed by atoms with E-state index in [1.54, 1.807) is 7.11 Å². The SMILES string of the molecule is COCCOCCOCCOCCOCCOCCOCCOCCOCCOCCOCCSCCC[Si]1(CCCSCCOCOCOCOCOCOCOCOCOCOCOC)c2cc(-c3ccc(CO)cc3)ccc2-c2ccc(-c3ccc(OCCOCCOCCOCCOCCC(=O)NCCOCCOCCOCCOCCC(=O)CCCCCCCN=[N+]=[N-])cc3)cc21. The van der Waals surface area contributed by atoms with Crippen LogP contribution in [-0.2, 0) is 158 Å². The van der Waals surface area contributed by atoms with Crippen LogP contribution >= 0.6 is 23.5 Å². The largest absolute Gasteiger partial charge is 0.491 e. The van der Waals surface area contributed by atoms with Crippen molar-refractivity contribution < 1.29 is 162 Å². The smallest absolute Gasteiger partial charge is 0.222 e. The summed E-state index contributed by atoms with van der Waals surface area (Å²) < 4.78 is 170. The van der Waals surface area contributed by atoms with Crippen molar-refractivity contribution in [1.82, 2.24) is 5.32 Å². The first-order valence-electron chi connectivity index (χ1n) is 47.7. The number of benzene rings is 4. The number of fused-ring (bicyclic) bond motifs is 3. The monoisotopic (exact) mass is 2000 g/mol. The quantitative estimate of drug-likeness (QED) is 0.0104. The number of carbonyl (C=O) groups excluding carboxylic acids is 2. The van der Waals surface area contributed by atoms with E-state index in [4.69, 9.17) is 152 Å². The number of amides is 1. The number of ether oxygens (including phenoxy) is 31. The summed E-state index contributed by atoms with van der Waals surface area (Å²) in [6, 6.07) is 32.9. The topological polar surface area (TPSA) is 401 Å². The highest BCUT2D eigenvalue weighted by atomic mass is 32.2. The minimum absolute atomic E-state index is 0.000547. The predicted octanol–water partition coefficient (Wildman–Crippen LogP) is 10.1. The number of Topliss-reactive ketones (excluding diaryl/α,β-unsaturated/α-hetero) is 1. The second-order valence-electron chi connectivity index (χ2n) is 30.4. The van der Waals surface area contributed by atoms with Crippen molar-refractivity contribution >= 4 is 53.7 Å². The summed E-state index contributed by atoms with van der Waals surface area (Å²) in [5, 5.41) is 19.3. The van der Waals surface area contributed by atoms with Crippen LogP contribution in [0.15, 0.2) is 90.0 Å². The average molecular weight is 2000 g/mol. The van der Waals surface area contributed by atoms with Gasteiger partial charge in [0.05, 0.1) is 258 Å². The highest BCUT2D eigenvalue weighted by Crippen LogP contribution is 2.39. The summed E-state index contributed by atoms with van der Waals surface area (Å²) in [5.74, 6) is 4.50. The molecule has 1 atom stereocenters. The Morgan fingerprint density at radius 2 is 0.650 bits per heavy atom. The van der Waals surface area contributed by atoms with E-state index < -0.39 is 8.07 Å². The van der Waals surface area contributed by atoms with Gasteiger partial charge in [0.1, 0.15) is 39.8 Å². The van der Waals surface area contributed by atoms with Gasteiger partial charge in [-0.05, 0) is 116 Å². The molecule has 0 saturated heterocycles. The van der Waals surface area contributed by atoms with E-state index in [0.29, 0.717) is 277 Å². The van der Waals surface area contributed by atoms with Crippen molar-refractivity contribution in [3.8, 4) is 39.1 Å². The van der Waals surface area contributed by atoms with Crippen LogP contribution in [0.5, 0.6) is 5.75 Å². The molecule has 0 aromatic heterocycles. The molecule has 4 aromatic carbocycles. The molecule has 1 heterocycles. The van der Waals surface area contributed by atoms with Crippen molar-refractivity contribution in [2.24, 2.45) is 5.11 Å². The predicted molar refractivity (Wildman–Crippen MR) is 520 cm³/mol. The van der Waals surface area contributed by atoms with E-state index in [1.165, 1.54) is 34.2 Å². The van der Waals surface area contributed by atoms with Gasteiger partial charge in [-0.1, -0.05) is 97.2 Å². The zero-order valence-corrected chi connectivity index (χ0v) is 83.9. The number of ketones is 1. The number of methoxy groups -OCH3 is 2. The zero-order chi connectivity index (χ0) is 96.9. The molecular formula is C96H158N4O34S2Si. The highest BCUT2D eigenvalue weighted by Gasteiger charge is 2.45. The Bertz CT molecular complexity index is 3470. The summed E-state index contributed by atoms with van der Waals surface area (Å²) >= 11 is 3.82. The number of carbonyl (C=O) groups is 2. The van der Waals surface area contributed by atoms with Gasteiger partial charge in [-0.15, -0.1) is 0 Å². The fourth-order valence-electron chi connectivity index (χ4n) is 13.3. The Morgan fingerprint density at radius 3 is 1.04 bits per heavy atom. The number of aliphatic hydroxyl groups excluding tert-OH is 1. The number of hydrogen-bond donors (Lipinski definition) is 2. The molecule has 0 aliphatic carbocycles. The molecular weight excluding hydrogens is 1850 g/mol. The Kier molecular flexibility index (Phi) is 82.1. The number of thioether (sulfide) groups is 2. The Morgan fingerprint density at radius 1 is 0.321 bits per heavy atom. The van der Waals surface area contributed by atoms with Gasteiger partial charge >= 0.3 is 0 Å². The molecule has 5 rings (SSSR count). The Labute approximate surface area is 820 Å². The molecule has 4 aromatic rings.